The summed E-state index contributed by atoms with van der Waals surface area (Å²) in [6, 6.07) is 8.59. The molecular formula is C16H25ClN2O. The number of benzene rings is 1. The second-order valence-corrected chi connectivity index (χ2v) is 5.45. The smallest absolute Gasteiger partial charge is 0.220 e. The Morgan fingerprint density at radius 3 is 2.65 bits per heavy atom. The van der Waals surface area contributed by atoms with Gasteiger partial charge in [0.05, 0.1) is 6.04 Å². The standard InChI is InChI=1S/C16H24N2O.ClH/c1-3-13-4-6-15(7-5-13)12(2)18-16(19)10-14-8-9-17-11-14;/h4-7,12,14,17H,3,8-11H2,1-2H3,(H,18,19);1H. The number of amides is 1. The van der Waals surface area contributed by atoms with Crippen molar-refractivity contribution in [1.82, 2.24) is 10.6 Å². The summed E-state index contributed by atoms with van der Waals surface area (Å²) in [5, 5.41) is 6.39. The first-order valence-electron chi connectivity index (χ1n) is 7.28. The van der Waals surface area contributed by atoms with Gasteiger partial charge < -0.3 is 10.6 Å². The average Bonchev–Trinajstić information content (AvgIpc) is 2.91. The third-order valence-electron chi connectivity index (χ3n) is 3.90. The molecule has 1 amide bonds. The molecule has 1 aliphatic heterocycles. The minimum atomic E-state index is 0. The third kappa shape index (κ3) is 4.80. The van der Waals surface area contributed by atoms with Gasteiger partial charge in [0.15, 0.2) is 0 Å². The number of carbonyl (C=O) groups excluding carboxylic acids is 1. The molecule has 1 aromatic rings. The van der Waals surface area contributed by atoms with Crippen LogP contribution in [0.2, 0.25) is 0 Å². The van der Waals surface area contributed by atoms with Crippen LogP contribution in [0.1, 0.15) is 43.9 Å². The second kappa shape index (κ2) is 8.28. The normalized spacial score (nSPS) is 19.2. The quantitative estimate of drug-likeness (QED) is 0.877. The van der Waals surface area contributed by atoms with E-state index in [9.17, 15) is 4.79 Å². The van der Waals surface area contributed by atoms with Crippen LogP contribution < -0.4 is 10.6 Å². The maximum atomic E-state index is 12.0. The van der Waals surface area contributed by atoms with E-state index in [1.807, 2.05) is 6.92 Å². The van der Waals surface area contributed by atoms with Gasteiger partial charge in [-0.1, -0.05) is 31.2 Å². The predicted octanol–water partition coefficient (Wildman–Crippen LogP) is 2.85. The van der Waals surface area contributed by atoms with Crippen LogP contribution in [0.25, 0.3) is 0 Å². The van der Waals surface area contributed by atoms with E-state index in [1.54, 1.807) is 0 Å². The van der Waals surface area contributed by atoms with Crippen LogP contribution in [-0.2, 0) is 11.2 Å². The molecule has 1 fully saturated rings. The van der Waals surface area contributed by atoms with E-state index in [2.05, 4.69) is 41.8 Å². The zero-order valence-electron chi connectivity index (χ0n) is 12.3. The van der Waals surface area contributed by atoms with Crippen LogP contribution in [0.4, 0.5) is 0 Å². The molecule has 0 radical (unpaired) electrons. The van der Waals surface area contributed by atoms with E-state index in [-0.39, 0.29) is 24.4 Å². The SMILES string of the molecule is CCc1ccc(C(C)NC(=O)CC2CCNC2)cc1.Cl. The molecule has 1 aromatic carbocycles. The Balaban J connectivity index is 0.00000200. The van der Waals surface area contributed by atoms with E-state index in [1.165, 1.54) is 11.1 Å². The maximum Gasteiger partial charge on any atom is 0.220 e. The number of hydrogen-bond acceptors (Lipinski definition) is 2. The van der Waals surface area contributed by atoms with Gasteiger partial charge in [-0.25, -0.2) is 0 Å². The molecule has 0 aliphatic carbocycles. The lowest BCUT2D eigenvalue weighted by Gasteiger charge is -2.16. The fourth-order valence-electron chi connectivity index (χ4n) is 2.58. The Hall–Kier alpha value is -1.06. The number of halogens is 1. The summed E-state index contributed by atoms with van der Waals surface area (Å²) in [6.45, 7) is 6.22. The van der Waals surface area contributed by atoms with Crippen molar-refractivity contribution in [1.29, 1.82) is 0 Å². The Labute approximate surface area is 127 Å². The molecule has 3 nitrogen and oxygen atoms in total. The largest absolute Gasteiger partial charge is 0.350 e. The van der Waals surface area contributed by atoms with E-state index in [0.717, 1.165) is 25.9 Å². The van der Waals surface area contributed by atoms with Gasteiger partial charge in [0.25, 0.3) is 0 Å². The van der Waals surface area contributed by atoms with Crippen molar-refractivity contribution in [3.8, 4) is 0 Å². The van der Waals surface area contributed by atoms with Crippen molar-refractivity contribution >= 4 is 18.3 Å². The molecule has 2 atom stereocenters. The summed E-state index contributed by atoms with van der Waals surface area (Å²) in [4.78, 5) is 12.0. The Morgan fingerprint density at radius 1 is 1.40 bits per heavy atom. The molecule has 2 unspecified atom stereocenters. The van der Waals surface area contributed by atoms with E-state index < -0.39 is 0 Å². The first-order valence-corrected chi connectivity index (χ1v) is 7.28. The molecule has 2 N–H and O–H groups in total. The Morgan fingerprint density at radius 2 is 2.10 bits per heavy atom. The van der Waals surface area contributed by atoms with Gasteiger partial charge in [0.2, 0.25) is 5.91 Å². The van der Waals surface area contributed by atoms with E-state index in [0.29, 0.717) is 12.3 Å². The van der Waals surface area contributed by atoms with Gasteiger partial charge in [-0.3, -0.25) is 4.79 Å². The molecule has 0 aromatic heterocycles. The molecule has 2 rings (SSSR count). The van der Waals surface area contributed by atoms with Gasteiger partial charge in [0.1, 0.15) is 0 Å². The zero-order chi connectivity index (χ0) is 13.7. The predicted molar refractivity (Wildman–Crippen MR) is 85.2 cm³/mol. The van der Waals surface area contributed by atoms with Crippen LogP contribution in [-0.4, -0.2) is 19.0 Å². The summed E-state index contributed by atoms with van der Waals surface area (Å²) < 4.78 is 0. The average molecular weight is 297 g/mol. The molecule has 1 saturated heterocycles. The Kier molecular flexibility index (Phi) is 7.03. The van der Waals surface area contributed by atoms with E-state index in [4.69, 9.17) is 0 Å². The van der Waals surface area contributed by atoms with Gasteiger partial charge >= 0.3 is 0 Å². The molecule has 0 spiro atoms. The molecule has 1 aliphatic rings. The maximum absolute atomic E-state index is 12.0. The number of hydrogen-bond donors (Lipinski definition) is 2. The molecule has 112 valence electrons. The monoisotopic (exact) mass is 296 g/mol. The third-order valence-corrected chi connectivity index (χ3v) is 3.90. The van der Waals surface area contributed by atoms with Crippen molar-refractivity contribution in [3.63, 3.8) is 0 Å². The lowest BCUT2D eigenvalue weighted by Crippen LogP contribution is -2.28. The van der Waals surface area contributed by atoms with Crippen molar-refractivity contribution in [3.05, 3.63) is 35.4 Å². The number of nitrogens with one attached hydrogen (secondary N) is 2. The van der Waals surface area contributed by atoms with Gasteiger partial charge in [-0.15, -0.1) is 12.4 Å². The molecule has 0 saturated carbocycles. The molecule has 1 heterocycles. The van der Waals surface area contributed by atoms with Crippen molar-refractivity contribution in [2.45, 2.75) is 39.2 Å². The van der Waals surface area contributed by atoms with Gasteiger partial charge in [-0.2, -0.15) is 0 Å². The van der Waals surface area contributed by atoms with Crippen LogP contribution in [0.3, 0.4) is 0 Å². The number of aryl methyl sites for hydroxylation is 1. The molecule has 0 bridgehead atoms. The first-order chi connectivity index (χ1) is 9.19. The highest BCUT2D eigenvalue weighted by Gasteiger charge is 2.19. The second-order valence-electron chi connectivity index (χ2n) is 5.45. The van der Waals surface area contributed by atoms with E-state index >= 15 is 0 Å². The summed E-state index contributed by atoms with van der Waals surface area (Å²) in [5.41, 5.74) is 2.51. The molecular weight excluding hydrogens is 272 g/mol. The van der Waals surface area contributed by atoms with Crippen LogP contribution >= 0.6 is 12.4 Å². The minimum absolute atomic E-state index is 0. The van der Waals surface area contributed by atoms with Crippen molar-refractivity contribution in [2.75, 3.05) is 13.1 Å². The minimum Gasteiger partial charge on any atom is -0.350 e. The summed E-state index contributed by atoms with van der Waals surface area (Å²) in [7, 11) is 0. The van der Waals surface area contributed by atoms with Gasteiger partial charge in [0, 0.05) is 6.42 Å². The molecule has 4 heteroatoms. The highest BCUT2D eigenvalue weighted by atomic mass is 35.5. The highest BCUT2D eigenvalue weighted by Crippen LogP contribution is 2.16. The first kappa shape index (κ1) is 17.0. The lowest BCUT2D eigenvalue weighted by molar-refractivity contribution is -0.122. The van der Waals surface area contributed by atoms with Crippen molar-refractivity contribution < 1.29 is 4.79 Å². The van der Waals surface area contributed by atoms with Crippen LogP contribution in [0.5, 0.6) is 0 Å². The Bertz CT molecular complexity index is 413. The highest BCUT2D eigenvalue weighted by molar-refractivity contribution is 5.85. The summed E-state index contributed by atoms with van der Waals surface area (Å²) in [6.07, 6.45) is 2.81. The lowest BCUT2D eigenvalue weighted by atomic mass is 10.0. The van der Waals surface area contributed by atoms with Crippen LogP contribution in [0, 0.1) is 5.92 Å². The zero-order valence-corrected chi connectivity index (χ0v) is 13.1. The fraction of sp³-hybridized carbons (Fsp3) is 0.562. The van der Waals surface area contributed by atoms with Crippen LogP contribution in [0.15, 0.2) is 24.3 Å². The number of carbonyl (C=O) groups is 1. The molecule has 20 heavy (non-hydrogen) atoms. The fourth-order valence-corrected chi connectivity index (χ4v) is 2.58. The van der Waals surface area contributed by atoms with Gasteiger partial charge in [-0.05, 0) is 49.9 Å². The summed E-state index contributed by atoms with van der Waals surface area (Å²) >= 11 is 0. The summed E-state index contributed by atoms with van der Waals surface area (Å²) in [5.74, 6) is 0.676. The van der Waals surface area contributed by atoms with Crippen molar-refractivity contribution in [2.24, 2.45) is 5.92 Å². The topological polar surface area (TPSA) is 41.1 Å². The number of rotatable bonds is 5.